The van der Waals surface area contributed by atoms with E-state index in [0.29, 0.717) is 0 Å². The van der Waals surface area contributed by atoms with Crippen molar-refractivity contribution in [1.82, 2.24) is 15.1 Å². The lowest BCUT2D eigenvalue weighted by molar-refractivity contribution is 0.0230. The van der Waals surface area contributed by atoms with Gasteiger partial charge in [0.25, 0.3) is 0 Å². The third-order valence-electron chi connectivity index (χ3n) is 3.61. The number of halogens is 1. The van der Waals surface area contributed by atoms with Gasteiger partial charge in [0.1, 0.15) is 5.60 Å². The van der Waals surface area contributed by atoms with Crippen molar-refractivity contribution in [1.29, 1.82) is 0 Å². The van der Waals surface area contributed by atoms with Crippen LogP contribution >= 0.6 is 24.0 Å². The Morgan fingerprint density at radius 2 is 1.88 bits per heavy atom. The normalized spacial score (nSPS) is 12.9. The summed E-state index contributed by atoms with van der Waals surface area (Å²) in [6.45, 7) is 11.6. The Morgan fingerprint density at radius 1 is 1.29 bits per heavy atom. The number of guanidine groups is 1. The highest BCUT2D eigenvalue weighted by Gasteiger charge is 2.22. The van der Waals surface area contributed by atoms with E-state index in [1.807, 2.05) is 34.7 Å². The number of amides is 1. The number of nitrogens with zero attached hydrogens (tertiary/aromatic N) is 3. The largest absolute Gasteiger partial charge is 0.444 e. The zero-order chi connectivity index (χ0) is 18.0. The van der Waals surface area contributed by atoms with E-state index in [1.165, 1.54) is 6.42 Å². The number of nitrogens with one attached hydrogen (secondary N) is 1. The SMILES string of the molecule is CCCCN(C)C(=NC)NCCC(C)N(C)C(=O)OC(C)(C)C.I. The van der Waals surface area contributed by atoms with Crippen LogP contribution in [0.3, 0.4) is 0 Å². The Bertz CT molecular complexity index is 383. The van der Waals surface area contributed by atoms with Crippen molar-refractivity contribution in [3.63, 3.8) is 0 Å². The topological polar surface area (TPSA) is 57.2 Å². The second kappa shape index (κ2) is 12.6. The molecule has 0 radical (unpaired) electrons. The molecule has 144 valence electrons. The van der Waals surface area contributed by atoms with Crippen molar-refractivity contribution in [3.8, 4) is 0 Å². The average molecular weight is 456 g/mol. The van der Waals surface area contributed by atoms with Crippen LogP contribution in [0.15, 0.2) is 4.99 Å². The maximum atomic E-state index is 12.0. The molecule has 24 heavy (non-hydrogen) atoms. The standard InChI is InChI=1S/C17H36N4O2.HI/c1-9-10-13-20(7)15(18-6)19-12-11-14(2)21(8)16(22)23-17(3,4)5;/h14H,9-13H2,1-8H3,(H,18,19);1H. The van der Waals surface area contributed by atoms with Gasteiger partial charge in [-0.3, -0.25) is 4.99 Å². The number of rotatable bonds is 7. The van der Waals surface area contributed by atoms with Crippen molar-refractivity contribution in [2.75, 3.05) is 34.2 Å². The molecule has 0 aliphatic heterocycles. The Morgan fingerprint density at radius 3 is 2.33 bits per heavy atom. The zero-order valence-electron chi connectivity index (χ0n) is 16.7. The fourth-order valence-electron chi connectivity index (χ4n) is 1.99. The minimum Gasteiger partial charge on any atom is -0.444 e. The predicted molar refractivity (Wildman–Crippen MR) is 112 cm³/mol. The van der Waals surface area contributed by atoms with Gasteiger partial charge in [0.2, 0.25) is 0 Å². The number of unbranched alkanes of at least 4 members (excludes halogenated alkanes) is 1. The lowest BCUT2D eigenvalue weighted by atomic mass is 10.2. The van der Waals surface area contributed by atoms with Crippen LogP contribution < -0.4 is 5.32 Å². The van der Waals surface area contributed by atoms with Gasteiger partial charge in [-0.05, 0) is 40.5 Å². The minimum atomic E-state index is -0.465. The van der Waals surface area contributed by atoms with Gasteiger partial charge >= 0.3 is 6.09 Å². The minimum absolute atomic E-state index is 0. The zero-order valence-corrected chi connectivity index (χ0v) is 19.0. The maximum absolute atomic E-state index is 12.0. The summed E-state index contributed by atoms with van der Waals surface area (Å²) in [5.74, 6) is 0.894. The van der Waals surface area contributed by atoms with Crippen molar-refractivity contribution in [3.05, 3.63) is 0 Å². The second-order valence-electron chi connectivity index (χ2n) is 6.98. The monoisotopic (exact) mass is 456 g/mol. The van der Waals surface area contributed by atoms with E-state index in [2.05, 4.69) is 22.1 Å². The van der Waals surface area contributed by atoms with Crippen molar-refractivity contribution in [2.45, 2.75) is 65.5 Å². The number of aliphatic imine (C=N–C) groups is 1. The molecular weight excluding hydrogens is 419 g/mol. The fraction of sp³-hybridized carbons (Fsp3) is 0.882. The van der Waals surface area contributed by atoms with Gasteiger partial charge in [-0.25, -0.2) is 4.79 Å². The quantitative estimate of drug-likeness (QED) is 0.362. The molecule has 0 heterocycles. The molecule has 1 unspecified atom stereocenters. The molecule has 0 aromatic carbocycles. The van der Waals surface area contributed by atoms with Crippen molar-refractivity contribution < 1.29 is 9.53 Å². The lowest BCUT2D eigenvalue weighted by Gasteiger charge is -2.29. The molecule has 0 bridgehead atoms. The van der Waals surface area contributed by atoms with Crippen molar-refractivity contribution in [2.24, 2.45) is 4.99 Å². The van der Waals surface area contributed by atoms with Gasteiger partial charge < -0.3 is 19.9 Å². The molecule has 0 rings (SSSR count). The molecule has 6 nitrogen and oxygen atoms in total. The van der Waals surface area contributed by atoms with E-state index in [-0.39, 0.29) is 36.1 Å². The smallest absolute Gasteiger partial charge is 0.410 e. The molecule has 0 aromatic heterocycles. The highest BCUT2D eigenvalue weighted by atomic mass is 127. The number of ether oxygens (including phenoxy) is 1. The molecule has 1 atom stereocenters. The van der Waals surface area contributed by atoms with Crippen LogP contribution in [0.2, 0.25) is 0 Å². The lowest BCUT2D eigenvalue weighted by Crippen LogP contribution is -2.43. The van der Waals surface area contributed by atoms with Crippen LogP contribution in [0, 0.1) is 0 Å². The van der Waals surface area contributed by atoms with Crippen molar-refractivity contribution >= 4 is 36.0 Å². The molecule has 0 saturated heterocycles. The number of carbonyl (C=O) groups is 1. The van der Waals surface area contributed by atoms with Gasteiger partial charge in [0.15, 0.2) is 5.96 Å². The Labute approximate surface area is 165 Å². The first-order valence-corrected chi connectivity index (χ1v) is 8.50. The molecule has 0 saturated carbocycles. The van der Waals surface area contributed by atoms with E-state index in [1.54, 1.807) is 19.0 Å². The first kappa shape index (κ1) is 25.5. The summed E-state index contributed by atoms with van der Waals surface area (Å²) in [7, 11) is 5.61. The molecule has 0 aromatic rings. The Hall–Kier alpha value is -0.730. The van der Waals surface area contributed by atoms with Crippen LogP contribution in [-0.2, 0) is 4.74 Å². The molecule has 0 aliphatic carbocycles. The van der Waals surface area contributed by atoms with E-state index in [4.69, 9.17) is 4.74 Å². The number of carbonyl (C=O) groups excluding carboxylic acids is 1. The number of hydrogen-bond acceptors (Lipinski definition) is 3. The van der Waals surface area contributed by atoms with Crippen LogP contribution in [0.25, 0.3) is 0 Å². The highest BCUT2D eigenvalue weighted by molar-refractivity contribution is 14.0. The van der Waals surface area contributed by atoms with Crippen LogP contribution in [0.1, 0.15) is 53.9 Å². The van der Waals surface area contributed by atoms with Crippen LogP contribution in [-0.4, -0.2) is 67.7 Å². The summed E-state index contributed by atoms with van der Waals surface area (Å²) in [6, 6.07) is 0.0939. The van der Waals surface area contributed by atoms with Gasteiger partial charge in [-0.1, -0.05) is 13.3 Å². The van der Waals surface area contributed by atoms with Gasteiger partial charge in [-0.15, -0.1) is 24.0 Å². The Balaban J connectivity index is 0. The van der Waals surface area contributed by atoms with E-state index >= 15 is 0 Å². The average Bonchev–Trinajstić information content (AvgIpc) is 2.46. The fourth-order valence-corrected chi connectivity index (χ4v) is 1.99. The Kier molecular flexibility index (Phi) is 13.4. The molecule has 0 aliphatic rings. The third kappa shape index (κ3) is 10.9. The van der Waals surface area contributed by atoms with Crippen LogP contribution in [0.5, 0.6) is 0 Å². The molecular formula is C17H37IN4O2. The first-order chi connectivity index (χ1) is 10.6. The first-order valence-electron chi connectivity index (χ1n) is 8.50. The summed E-state index contributed by atoms with van der Waals surface area (Å²) in [4.78, 5) is 20.1. The number of hydrogen-bond donors (Lipinski definition) is 1. The maximum Gasteiger partial charge on any atom is 0.410 e. The van der Waals surface area contributed by atoms with Crippen LogP contribution in [0.4, 0.5) is 4.79 Å². The molecule has 7 heteroatoms. The van der Waals surface area contributed by atoms with E-state index in [0.717, 1.165) is 31.9 Å². The summed E-state index contributed by atoms with van der Waals surface area (Å²) < 4.78 is 5.39. The van der Waals surface area contributed by atoms with E-state index in [9.17, 15) is 4.79 Å². The van der Waals surface area contributed by atoms with E-state index < -0.39 is 5.60 Å². The predicted octanol–water partition coefficient (Wildman–Crippen LogP) is 3.56. The molecule has 0 fully saturated rings. The summed E-state index contributed by atoms with van der Waals surface area (Å²) >= 11 is 0. The second-order valence-corrected chi connectivity index (χ2v) is 6.98. The molecule has 1 amide bonds. The van der Waals surface area contributed by atoms with Gasteiger partial charge in [-0.2, -0.15) is 0 Å². The molecule has 1 N–H and O–H groups in total. The summed E-state index contributed by atoms with van der Waals surface area (Å²) in [6.07, 6.45) is 2.86. The summed E-state index contributed by atoms with van der Waals surface area (Å²) in [5.41, 5.74) is -0.465. The van der Waals surface area contributed by atoms with Gasteiger partial charge in [0, 0.05) is 40.3 Å². The highest BCUT2D eigenvalue weighted by Crippen LogP contribution is 2.11. The molecule has 0 spiro atoms. The van der Waals surface area contributed by atoms with Gasteiger partial charge in [0.05, 0.1) is 0 Å². The third-order valence-corrected chi connectivity index (χ3v) is 3.61. The summed E-state index contributed by atoms with van der Waals surface area (Å²) in [5, 5.41) is 3.35.